The van der Waals surface area contributed by atoms with Gasteiger partial charge >= 0.3 is 12.1 Å². The molecule has 6 heteroatoms. The molecular formula is C13H24N2O4. The van der Waals surface area contributed by atoms with Crippen LogP contribution in [0.25, 0.3) is 0 Å². The van der Waals surface area contributed by atoms with Crippen molar-refractivity contribution in [3.63, 3.8) is 0 Å². The molecule has 1 aliphatic rings. The van der Waals surface area contributed by atoms with E-state index in [1.54, 1.807) is 6.92 Å². The summed E-state index contributed by atoms with van der Waals surface area (Å²) in [4.78, 5) is 25.0. The summed E-state index contributed by atoms with van der Waals surface area (Å²) in [5.74, 6) is 0.0194. The molecular weight excluding hydrogens is 248 g/mol. The van der Waals surface area contributed by atoms with Crippen LogP contribution in [0.1, 0.15) is 26.7 Å². The van der Waals surface area contributed by atoms with Gasteiger partial charge in [0.05, 0.1) is 13.7 Å². The number of ether oxygens (including phenoxy) is 2. The summed E-state index contributed by atoms with van der Waals surface area (Å²) in [5, 5.41) is 2.85. The summed E-state index contributed by atoms with van der Waals surface area (Å²) < 4.78 is 9.60. The Morgan fingerprint density at radius 3 is 2.63 bits per heavy atom. The van der Waals surface area contributed by atoms with Gasteiger partial charge in [0.2, 0.25) is 0 Å². The van der Waals surface area contributed by atoms with Crippen molar-refractivity contribution in [1.29, 1.82) is 0 Å². The molecule has 0 aromatic heterocycles. The molecule has 0 bridgehead atoms. The van der Waals surface area contributed by atoms with E-state index >= 15 is 0 Å². The molecule has 19 heavy (non-hydrogen) atoms. The molecule has 110 valence electrons. The Morgan fingerprint density at radius 2 is 2.05 bits per heavy atom. The van der Waals surface area contributed by atoms with Crippen LogP contribution >= 0.6 is 0 Å². The van der Waals surface area contributed by atoms with Crippen LogP contribution in [0.4, 0.5) is 4.79 Å². The maximum absolute atomic E-state index is 11.4. The topological polar surface area (TPSA) is 67.9 Å². The average molecular weight is 272 g/mol. The SMILES string of the molecule is CCOC(=O)NC1CC(CC(=O)OC)CN(CC)C1. The molecule has 2 atom stereocenters. The number of amides is 1. The number of nitrogens with one attached hydrogen (secondary N) is 1. The average Bonchev–Trinajstić information content (AvgIpc) is 2.38. The van der Waals surface area contributed by atoms with E-state index in [0.717, 1.165) is 26.1 Å². The Morgan fingerprint density at radius 1 is 1.32 bits per heavy atom. The second-order valence-electron chi connectivity index (χ2n) is 4.80. The molecule has 1 amide bonds. The number of alkyl carbamates (subject to hydrolysis) is 1. The number of likely N-dealkylation sites (N-methyl/N-ethyl adjacent to an activating group) is 1. The highest BCUT2D eigenvalue weighted by Gasteiger charge is 2.29. The van der Waals surface area contributed by atoms with Gasteiger partial charge in [-0.05, 0) is 25.8 Å². The molecule has 0 saturated carbocycles. The lowest BCUT2D eigenvalue weighted by atomic mass is 9.91. The highest BCUT2D eigenvalue weighted by atomic mass is 16.5. The number of rotatable bonds is 5. The minimum atomic E-state index is -0.387. The van der Waals surface area contributed by atoms with E-state index in [1.165, 1.54) is 7.11 Å². The lowest BCUT2D eigenvalue weighted by Crippen LogP contribution is -2.51. The van der Waals surface area contributed by atoms with Crippen LogP contribution in [0, 0.1) is 5.92 Å². The second kappa shape index (κ2) is 7.99. The summed E-state index contributed by atoms with van der Waals surface area (Å²) in [6, 6.07) is 0.0300. The van der Waals surface area contributed by atoms with Crippen LogP contribution in [0.2, 0.25) is 0 Å². The molecule has 1 saturated heterocycles. The van der Waals surface area contributed by atoms with Gasteiger partial charge in [0.15, 0.2) is 0 Å². The first kappa shape index (κ1) is 15.8. The molecule has 6 nitrogen and oxygen atoms in total. The van der Waals surface area contributed by atoms with Crippen molar-refractivity contribution >= 4 is 12.1 Å². The Hall–Kier alpha value is -1.30. The fraction of sp³-hybridized carbons (Fsp3) is 0.846. The van der Waals surface area contributed by atoms with Crippen molar-refractivity contribution in [3.8, 4) is 0 Å². The summed E-state index contributed by atoms with van der Waals surface area (Å²) >= 11 is 0. The minimum Gasteiger partial charge on any atom is -0.469 e. The van der Waals surface area contributed by atoms with Gasteiger partial charge in [0.1, 0.15) is 0 Å². The lowest BCUT2D eigenvalue weighted by Gasteiger charge is -2.36. The molecule has 0 aromatic carbocycles. The predicted molar refractivity (Wildman–Crippen MR) is 70.8 cm³/mol. The zero-order valence-corrected chi connectivity index (χ0v) is 12.0. The molecule has 0 aliphatic carbocycles. The van der Waals surface area contributed by atoms with Crippen LogP contribution in [-0.4, -0.2) is 56.4 Å². The van der Waals surface area contributed by atoms with Gasteiger partial charge in [-0.15, -0.1) is 0 Å². The number of methoxy groups -OCH3 is 1. The molecule has 1 heterocycles. The van der Waals surface area contributed by atoms with Crippen molar-refractivity contribution in [2.24, 2.45) is 5.92 Å². The molecule has 1 N–H and O–H groups in total. The Balaban J connectivity index is 2.52. The monoisotopic (exact) mass is 272 g/mol. The lowest BCUT2D eigenvalue weighted by molar-refractivity contribution is -0.142. The van der Waals surface area contributed by atoms with Crippen LogP contribution < -0.4 is 5.32 Å². The van der Waals surface area contributed by atoms with E-state index in [2.05, 4.69) is 17.1 Å². The van der Waals surface area contributed by atoms with Gasteiger partial charge in [-0.25, -0.2) is 4.79 Å². The van der Waals surface area contributed by atoms with Crippen molar-refractivity contribution in [3.05, 3.63) is 0 Å². The van der Waals surface area contributed by atoms with E-state index in [1.807, 2.05) is 0 Å². The van der Waals surface area contributed by atoms with Crippen molar-refractivity contribution < 1.29 is 19.1 Å². The van der Waals surface area contributed by atoms with Gasteiger partial charge in [-0.2, -0.15) is 0 Å². The molecule has 1 rings (SSSR count). The fourth-order valence-corrected chi connectivity index (χ4v) is 2.47. The molecule has 1 aliphatic heterocycles. The van der Waals surface area contributed by atoms with E-state index in [9.17, 15) is 9.59 Å². The molecule has 0 spiro atoms. The smallest absolute Gasteiger partial charge is 0.407 e. The largest absolute Gasteiger partial charge is 0.469 e. The quantitative estimate of drug-likeness (QED) is 0.756. The summed E-state index contributed by atoms with van der Waals surface area (Å²) in [7, 11) is 1.40. The highest BCUT2D eigenvalue weighted by molar-refractivity contribution is 5.69. The Labute approximate surface area is 114 Å². The maximum Gasteiger partial charge on any atom is 0.407 e. The number of piperidine rings is 1. The number of hydrogen-bond acceptors (Lipinski definition) is 5. The molecule has 2 unspecified atom stereocenters. The zero-order chi connectivity index (χ0) is 14.3. The summed E-state index contributed by atoms with van der Waals surface area (Å²) in [6.45, 7) is 6.78. The third-order valence-corrected chi connectivity index (χ3v) is 3.34. The third kappa shape index (κ3) is 5.46. The highest BCUT2D eigenvalue weighted by Crippen LogP contribution is 2.20. The van der Waals surface area contributed by atoms with Crippen molar-refractivity contribution in [1.82, 2.24) is 10.2 Å². The summed E-state index contributed by atoms with van der Waals surface area (Å²) in [5.41, 5.74) is 0. The first-order valence-electron chi connectivity index (χ1n) is 6.81. The van der Waals surface area contributed by atoms with Gasteiger partial charge in [-0.1, -0.05) is 6.92 Å². The first-order chi connectivity index (χ1) is 9.08. The van der Waals surface area contributed by atoms with Gasteiger partial charge < -0.3 is 19.7 Å². The number of hydrogen-bond donors (Lipinski definition) is 1. The van der Waals surface area contributed by atoms with E-state index < -0.39 is 0 Å². The van der Waals surface area contributed by atoms with Crippen LogP contribution in [0.3, 0.4) is 0 Å². The number of likely N-dealkylation sites (tertiary alicyclic amines) is 1. The van der Waals surface area contributed by atoms with Crippen molar-refractivity contribution in [2.45, 2.75) is 32.7 Å². The third-order valence-electron chi connectivity index (χ3n) is 3.34. The summed E-state index contributed by atoms with van der Waals surface area (Å²) in [6.07, 6.45) is 0.792. The zero-order valence-electron chi connectivity index (χ0n) is 12.0. The van der Waals surface area contributed by atoms with Gasteiger partial charge in [-0.3, -0.25) is 4.79 Å². The second-order valence-corrected chi connectivity index (χ2v) is 4.80. The molecule has 0 radical (unpaired) electrons. The van der Waals surface area contributed by atoms with Crippen LogP contribution in [-0.2, 0) is 14.3 Å². The first-order valence-corrected chi connectivity index (χ1v) is 6.81. The van der Waals surface area contributed by atoms with Gasteiger partial charge in [0.25, 0.3) is 0 Å². The number of nitrogens with zero attached hydrogens (tertiary/aromatic N) is 1. The standard InChI is InChI=1S/C13H24N2O4/c1-4-15-8-10(7-12(16)18-3)6-11(9-15)14-13(17)19-5-2/h10-11H,4-9H2,1-3H3,(H,14,17). The molecule has 1 fully saturated rings. The normalized spacial score (nSPS) is 23.7. The Bertz CT molecular complexity index is 309. The number of carbonyl (C=O) groups is 2. The van der Waals surface area contributed by atoms with Crippen LogP contribution in [0.15, 0.2) is 0 Å². The number of carbonyl (C=O) groups excluding carboxylic acids is 2. The van der Waals surface area contributed by atoms with E-state index in [0.29, 0.717) is 13.0 Å². The van der Waals surface area contributed by atoms with Crippen molar-refractivity contribution in [2.75, 3.05) is 33.4 Å². The Kier molecular flexibility index (Phi) is 6.62. The van der Waals surface area contributed by atoms with Crippen LogP contribution in [0.5, 0.6) is 0 Å². The van der Waals surface area contributed by atoms with Gasteiger partial charge in [0, 0.05) is 25.6 Å². The minimum absolute atomic E-state index is 0.0300. The maximum atomic E-state index is 11.4. The fourth-order valence-electron chi connectivity index (χ4n) is 2.47. The number of esters is 1. The van der Waals surface area contributed by atoms with E-state index in [4.69, 9.17) is 9.47 Å². The predicted octanol–water partition coefficient (Wildman–Crippen LogP) is 1.01. The van der Waals surface area contributed by atoms with E-state index in [-0.39, 0.29) is 24.0 Å². The molecule has 0 aromatic rings.